The summed E-state index contributed by atoms with van der Waals surface area (Å²) >= 11 is 0. The molecule has 3 N–H and O–H groups in total. The van der Waals surface area contributed by atoms with Crippen molar-refractivity contribution in [2.45, 2.75) is 32.2 Å². The van der Waals surface area contributed by atoms with E-state index >= 15 is 0 Å². The molecule has 0 radical (unpaired) electrons. The third-order valence-electron chi connectivity index (χ3n) is 2.73. The molecule has 17 heavy (non-hydrogen) atoms. The van der Waals surface area contributed by atoms with E-state index in [9.17, 15) is 4.79 Å². The standard InChI is InChI=1S/C14H18N2O/c1-4-13(5-2)16-14(17)10(3)11-7-6-8-12(15)9-11/h1,6-10,13H,5,15H2,2-3H3,(H,16,17). The largest absolute Gasteiger partial charge is 0.399 e. The van der Waals surface area contributed by atoms with E-state index in [4.69, 9.17) is 12.2 Å². The van der Waals surface area contributed by atoms with Crippen LogP contribution in [-0.2, 0) is 4.79 Å². The Hall–Kier alpha value is -1.95. The minimum absolute atomic E-state index is 0.0691. The SMILES string of the molecule is C#CC(CC)NC(=O)C(C)c1cccc(N)c1. The molecule has 1 aromatic rings. The number of anilines is 1. The number of nitrogen functional groups attached to an aromatic ring is 1. The van der Waals surface area contributed by atoms with Crippen molar-refractivity contribution in [3.8, 4) is 12.3 Å². The molecule has 0 aliphatic heterocycles. The number of benzene rings is 1. The molecule has 2 atom stereocenters. The number of nitrogens with two attached hydrogens (primary N) is 1. The van der Waals surface area contributed by atoms with Crippen LogP contribution in [0.15, 0.2) is 24.3 Å². The summed E-state index contributed by atoms with van der Waals surface area (Å²) in [5, 5.41) is 2.82. The average molecular weight is 230 g/mol. The van der Waals surface area contributed by atoms with E-state index in [-0.39, 0.29) is 17.9 Å². The summed E-state index contributed by atoms with van der Waals surface area (Å²) in [6.07, 6.45) is 6.04. The number of amides is 1. The molecule has 3 heteroatoms. The fourth-order valence-electron chi connectivity index (χ4n) is 1.54. The second-order valence-corrected chi connectivity index (χ2v) is 4.03. The first kappa shape index (κ1) is 13.1. The van der Waals surface area contributed by atoms with Crippen molar-refractivity contribution >= 4 is 11.6 Å². The van der Waals surface area contributed by atoms with Crippen LogP contribution in [-0.4, -0.2) is 11.9 Å². The van der Waals surface area contributed by atoms with Crippen LogP contribution >= 0.6 is 0 Å². The second kappa shape index (κ2) is 5.95. The summed E-state index contributed by atoms with van der Waals surface area (Å²) in [6, 6.07) is 7.13. The zero-order valence-corrected chi connectivity index (χ0v) is 10.2. The number of hydrogen-bond donors (Lipinski definition) is 2. The molecule has 1 amide bonds. The van der Waals surface area contributed by atoms with Crippen molar-refractivity contribution in [2.75, 3.05) is 5.73 Å². The molecular weight excluding hydrogens is 212 g/mol. The highest BCUT2D eigenvalue weighted by molar-refractivity contribution is 5.84. The van der Waals surface area contributed by atoms with Crippen LogP contribution in [0, 0.1) is 12.3 Å². The summed E-state index contributed by atoms with van der Waals surface area (Å²) in [4.78, 5) is 11.9. The topological polar surface area (TPSA) is 55.1 Å². The van der Waals surface area contributed by atoms with E-state index < -0.39 is 0 Å². The van der Waals surface area contributed by atoms with Gasteiger partial charge in [0.05, 0.1) is 12.0 Å². The molecule has 0 fully saturated rings. The Labute approximate surface area is 102 Å². The van der Waals surface area contributed by atoms with Crippen LogP contribution in [0.1, 0.15) is 31.7 Å². The monoisotopic (exact) mass is 230 g/mol. The smallest absolute Gasteiger partial charge is 0.228 e. The molecular formula is C14H18N2O. The summed E-state index contributed by atoms with van der Waals surface area (Å²) in [7, 11) is 0. The number of carbonyl (C=O) groups excluding carboxylic acids is 1. The van der Waals surface area contributed by atoms with E-state index in [0.29, 0.717) is 5.69 Å². The predicted octanol–water partition coefficient (Wildman–Crippen LogP) is 1.90. The van der Waals surface area contributed by atoms with Crippen LogP contribution in [0.5, 0.6) is 0 Å². The fourth-order valence-corrected chi connectivity index (χ4v) is 1.54. The average Bonchev–Trinajstić information content (AvgIpc) is 2.34. The Morgan fingerprint density at radius 2 is 2.29 bits per heavy atom. The number of terminal acetylenes is 1. The third kappa shape index (κ3) is 3.53. The molecule has 0 heterocycles. The first-order chi connectivity index (χ1) is 8.08. The zero-order valence-electron chi connectivity index (χ0n) is 10.2. The van der Waals surface area contributed by atoms with E-state index in [0.717, 1.165) is 12.0 Å². The van der Waals surface area contributed by atoms with Gasteiger partial charge in [-0.15, -0.1) is 6.42 Å². The minimum atomic E-state index is -0.249. The van der Waals surface area contributed by atoms with Gasteiger partial charge < -0.3 is 11.1 Å². The van der Waals surface area contributed by atoms with Crippen LogP contribution in [0.3, 0.4) is 0 Å². The van der Waals surface area contributed by atoms with E-state index in [2.05, 4.69) is 11.2 Å². The van der Waals surface area contributed by atoms with Crippen molar-refractivity contribution in [1.29, 1.82) is 0 Å². The lowest BCUT2D eigenvalue weighted by atomic mass is 9.99. The Balaban J connectivity index is 2.74. The molecule has 1 rings (SSSR count). The van der Waals surface area contributed by atoms with Crippen LogP contribution < -0.4 is 11.1 Å². The molecule has 0 saturated heterocycles. The maximum absolute atomic E-state index is 11.9. The van der Waals surface area contributed by atoms with Gasteiger partial charge in [0.15, 0.2) is 0 Å². The van der Waals surface area contributed by atoms with E-state index in [1.807, 2.05) is 26.0 Å². The lowest BCUT2D eigenvalue weighted by molar-refractivity contribution is -0.122. The highest BCUT2D eigenvalue weighted by Gasteiger charge is 2.17. The minimum Gasteiger partial charge on any atom is -0.399 e. The molecule has 1 aromatic carbocycles. The van der Waals surface area contributed by atoms with Crippen molar-refractivity contribution in [3.63, 3.8) is 0 Å². The van der Waals surface area contributed by atoms with Crippen molar-refractivity contribution in [1.82, 2.24) is 5.32 Å². The maximum Gasteiger partial charge on any atom is 0.228 e. The molecule has 90 valence electrons. The predicted molar refractivity (Wildman–Crippen MR) is 70.3 cm³/mol. The quantitative estimate of drug-likeness (QED) is 0.613. The summed E-state index contributed by atoms with van der Waals surface area (Å²) in [5.74, 6) is 2.23. The summed E-state index contributed by atoms with van der Waals surface area (Å²) in [6.45, 7) is 3.78. The van der Waals surface area contributed by atoms with Gasteiger partial charge >= 0.3 is 0 Å². The van der Waals surface area contributed by atoms with Gasteiger partial charge in [0.1, 0.15) is 0 Å². The number of nitrogens with one attached hydrogen (secondary N) is 1. The normalized spacial score (nSPS) is 13.5. The van der Waals surface area contributed by atoms with Gasteiger partial charge in [-0.3, -0.25) is 4.79 Å². The molecule has 0 aliphatic carbocycles. The first-order valence-electron chi connectivity index (χ1n) is 5.70. The first-order valence-corrected chi connectivity index (χ1v) is 5.70. The summed E-state index contributed by atoms with van der Waals surface area (Å²) in [5.41, 5.74) is 7.24. The van der Waals surface area contributed by atoms with Gasteiger partial charge in [-0.25, -0.2) is 0 Å². The Bertz CT molecular complexity index is 434. The lowest BCUT2D eigenvalue weighted by Gasteiger charge is -2.16. The van der Waals surface area contributed by atoms with Crippen molar-refractivity contribution < 1.29 is 4.79 Å². The highest BCUT2D eigenvalue weighted by Crippen LogP contribution is 2.18. The molecule has 2 unspecified atom stereocenters. The molecule has 0 saturated carbocycles. The van der Waals surface area contributed by atoms with Gasteiger partial charge in [-0.1, -0.05) is 25.0 Å². The Kier molecular flexibility index (Phi) is 4.59. The van der Waals surface area contributed by atoms with Gasteiger partial charge in [-0.05, 0) is 31.0 Å². The van der Waals surface area contributed by atoms with Crippen molar-refractivity contribution in [2.24, 2.45) is 0 Å². The molecule has 0 bridgehead atoms. The molecule has 0 aromatic heterocycles. The maximum atomic E-state index is 11.9. The zero-order chi connectivity index (χ0) is 12.8. The molecule has 0 aliphatic rings. The van der Waals surface area contributed by atoms with Gasteiger partial charge in [-0.2, -0.15) is 0 Å². The van der Waals surface area contributed by atoms with E-state index in [1.54, 1.807) is 12.1 Å². The molecule has 0 spiro atoms. The Morgan fingerprint density at radius 1 is 1.59 bits per heavy atom. The van der Waals surface area contributed by atoms with Gasteiger partial charge in [0.25, 0.3) is 0 Å². The Morgan fingerprint density at radius 3 is 2.82 bits per heavy atom. The van der Waals surface area contributed by atoms with Crippen LogP contribution in [0.2, 0.25) is 0 Å². The lowest BCUT2D eigenvalue weighted by Crippen LogP contribution is -2.36. The van der Waals surface area contributed by atoms with Crippen LogP contribution in [0.4, 0.5) is 5.69 Å². The van der Waals surface area contributed by atoms with Gasteiger partial charge in [0, 0.05) is 5.69 Å². The number of rotatable bonds is 4. The molecule has 3 nitrogen and oxygen atoms in total. The number of carbonyl (C=O) groups is 1. The van der Waals surface area contributed by atoms with Gasteiger partial charge in [0.2, 0.25) is 5.91 Å². The van der Waals surface area contributed by atoms with E-state index in [1.165, 1.54) is 0 Å². The van der Waals surface area contributed by atoms with Crippen LogP contribution in [0.25, 0.3) is 0 Å². The second-order valence-electron chi connectivity index (χ2n) is 4.03. The van der Waals surface area contributed by atoms with Crippen molar-refractivity contribution in [3.05, 3.63) is 29.8 Å². The highest BCUT2D eigenvalue weighted by atomic mass is 16.1. The number of hydrogen-bond acceptors (Lipinski definition) is 2. The fraction of sp³-hybridized carbons (Fsp3) is 0.357. The third-order valence-corrected chi connectivity index (χ3v) is 2.73. The summed E-state index contributed by atoms with van der Waals surface area (Å²) < 4.78 is 0.